The lowest BCUT2D eigenvalue weighted by atomic mass is 9.91. The minimum Gasteiger partial charge on any atom is -0.383 e. The van der Waals surface area contributed by atoms with Crippen molar-refractivity contribution in [2.75, 3.05) is 13.2 Å². The maximum Gasteiger partial charge on any atom is 0.110 e. The van der Waals surface area contributed by atoms with Gasteiger partial charge in [-0.1, -0.05) is 6.92 Å². The fourth-order valence-electron chi connectivity index (χ4n) is 2.38. The molecule has 96 valence electrons. The highest BCUT2D eigenvalue weighted by Gasteiger charge is 2.35. The number of nitrogens with zero attached hydrogens (tertiary/aromatic N) is 2. The van der Waals surface area contributed by atoms with Crippen molar-refractivity contribution in [3.8, 4) is 0 Å². The van der Waals surface area contributed by atoms with Crippen LogP contribution in [0.15, 0.2) is 10.7 Å². The molecule has 0 radical (unpaired) electrons. The van der Waals surface area contributed by atoms with E-state index in [-0.39, 0.29) is 0 Å². The summed E-state index contributed by atoms with van der Waals surface area (Å²) in [5.74, 6) is 0. The van der Waals surface area contributed by atoms with Crippen LogP contribution in [0.1, 0.15) is 38.3 Å². The summed E-state index contributed by atoms with van der Waals surface area (Å²) in [4.78, 5) is 0. The van der Waals surface area contributed by atoms with Gasteiger partial charge in [-0.05, 0) is 35.2 Å². The van der Waals surface area contributed by atoms with Crippen molar-refractivity contribution in [1.82, 2.24) is 9.78 Å². The molecule has 1 aliphatic heterocycles. The summed E-state index contributed by atoms with van der Waals surface area (Å²) in [6.07, 6.45) is 5.05. The summed E-state index contributed by atoms with van der Waals surface area (Å²) in [5, 5.41) is 15.2. The summed E-state index contributed by atoms with van der Waals surface area (Å²) in [5.41, 5.74) is 0.103. The second kappa shape index (κ2) is 5.50. The summed E-state index contributed by atoms with van der Waals surface area (Å²) in [6, 6.07) is 0. The molecule has 0 amide bonds. The zero-order valence-corrected chi connectivity index (χ0v) is 11.7. The van der Waals surface area contributed by atoms with Crippen molar-refractivity contribution < 1.29 is 9.84 Å². The van der Waals surface area contributed by atoms with Crippen molar-refractivity contribution >= 4 is 15.9 Å². The molecule has 1 atom stereocenters. The van der Waals surface area contributed by atoms with Gasteiger partial charge < -0.3 is 9.84 Å². The van der Waals surface area contributed by atoms with Gasteiger partial charge in [0.2, 0.25) is 0 Å². The Hall–Kier alpha value is -0.390. The summed E-state index contributed by atoms with van der Waals surface area (Å²) in [7, 11) is 0. The van der Waals surface area contributed by atoms with Crippen molar-refractivity contribution in [3.05, 3.63) is 16.4 Å². The molecule has 0 spiro atoms. The second-order valence-electron chi connectivity index (χ2n) is 4.56. The first-order valence-corrected chi connectivity index (χ1v) is 6.98. The Morgan fingerprint density at radius 1 is 1.53 bits per heavy atom. The summed E-state index contributed by atoms with van der Waals surface area (Å²) >= 11 is 3.50. The van der Waals surface area contributed by atoms with Crippen LogP contribution >= 0.6 is 15.9 Å². The molecule has 1 aliphatic rings. The minimum atomic E-state index is -0.805. The maximum absolute atomic E-state index is 10.8. The average molecular weight is 303 g/mol. The first kappa shape index (κ1) is 13.1. The molecule has 1 N–H and O–H groups in total. The minimum absolute atomic E-state index is 0.611. The van der Waals surface area contributed by atoms with E-state index in [1.54, 1.807) is 6.20 Å². The predicted octanol–water partition coefficient (Wildman–Crippen LogP) is 2.44. The molecule has 2 heterocycles. The van der Waals surface area contributed by atoms with Crippen LogP contribution in [0, 0.1) is 0 Å². The van der Waals surface area contributed by atoms with Crippen molar-refractivity contribution in [3.63, 3.8) is 0 Å². The molecular formula is C12H19BrN2O2. The SMILES string of the molecule is CCCn1ncc(Br)c1C1(O)CCCOCC1. The Morgan fingerprint density at radius 2 is 2.35 bits per heavy atom. The van der Waals surface area contributed by atoms with Crippen LogP contribution in [-0.2, 0) is 16.9 Å². The quantitative estimate of drug-likeness (QED) is 0.933. The van der Waals surface area contributed by atoms with Crippen LogP contribution in [-0.4, -0.2) is 28.1 Å². The number of rotatable bonds is 3. The van der Waals surface area contributed by atoms with Crippen LogP contribution in [0.5, 0.6) is 0 Å². The van der Waals surface area contributed by atoms with E-state index in [4.69, 9.17) is 4.74 Å². The van der Waals surface area contributed by atoms with E-state index < -0.39 is 5.60 Å². The Balaban J connectivity index is 2.32. The van der Waals surface area contributed by atoms with E-state index in [1.807, 2.05) is 4.68 Å². The Bertz CT molecular complexity index is 371. The normalized spacial score (nSPS) is 25.8. The van der Waals surface area contributed by atoms with E-state index in [0.717, 1.165) is 42.6 Å². The van der Waals surface area contributed by atoms with Gasteiger partial charge in [0, 0.05) is 26.2 Å². The number of ether oxygens (including phenoxy) is 1. The van der Waals surface area contributed by atoms with Crippen LogP contribution < -0.4 is 0 Å². The molecule has 1 aromatic rings. The zero-order valence-electron chi connectivity index (χ0n) is 10.2. The van der Waals surface area contributed by atoms with E-state index in [2.05, 4.69) is 28.0 Å². The molecule has 4 nitrogen and oxygen atoms in total. The largest absolute Gasteiger partial charge is 0.383 e. The van der Waals surface area contributed by atoms with Gasteiger partial charge in [-0.2, -0.15) is 5.10 Å². The number of hydrogen-bond donors (Lipinski definition) is 1. The molecule has 0 aliphatic carbocycles. The lowest BCUT2D eigenvalue weighted by molar-refractivity contribution is 0.00545. The molecule has 5 heteroatoms. The van der Waals surface area contributed by atoms with Gasteiger partial charge in [0.25, 0.3) is 0 Å². The highest BCUT2D eigenvalue weighted by Crippen LogP contribution is 2.36. The Labute approximate surface area is 110 Å². The van der Waals surface area contributed by atoms with Crippen LogP contribution in [0.2, 0.25) is 0 Å². The average Bonchev–Trinajstić information content (AvgIpc) is 2.53. The van der Waals surface area contributed by atoms with E-state index in [0.29, 0.717) is 13.0 Å². The van der Waals surface area contributed by atoms with Crippen molar-refractivity contribution in [2.45, 2.75) is 44.8 Å². The number of hydrogen-bond acceptors (Lipinski definition) is 3. The molecule has 0 saturated carbocycles. The van der Waals surface area contributed by atoms with Gasteiger partial charge in [-0.25, -0.2) is 0 Å². The lowest BCUT2D eigenvalue weighted by Crippen LogP contribution is -2.30. The monoisotopic (exact) mass is 302 g/mol. The smallest absolute Gasteiger partial charge is 0.110 e. The molecular weight excluding hydrogens is 284 g/mol. The van der Waals surface area contributed by atoms with Gasteiger partial charge >= 0.3 is 0 Å². The third kappa shape index (κ3) is 2.72. The molecule has 17 heavy (non-hydrogen) atoms. The van der Waals surface area contributed by atoms with E-state index in [1.165, 1.54) is 0 Å². The third-order valence-corrected chi connectivity index (χ3v) is 3.79. The Kier molecular flexibility index (Phi) is 4.22. The van der Waals surface area contributed by atoms with Crippen LogP contribution in [0.3, 0.4) is 0 Å². The van der Waals surface area contributed by atoms with Crippen molar-refractivity contribution in [1.29, 1.82) is 0 Å². The zero-order chi connectivity index (χ0) is 12.3. The number of aryl methyl sites for hydroxylation is 1. The number of aliphatic hydroxyl groups is 1. The predicted molar refractivity (Wildman–Crippen MR) is 68.8 cm³/mol. The summed E-state index contributed by atoms with van der Waals surface area (Å²) < 4.78 is 8.23. The standard InChI is InChI=1S/C12H19BrN2O2/c1-2-6-15-11(10(13)9-14-15)12(16)4-3-7-17-8-5-12/h9,16H,2-8H2,1H3. The lowest BCUT2D eigenvalue weighted by Gasteiger charge is -2.27. The third-order valence-electron chi connectivity index (χ3n) is 3.21. The van der Waals surface area contributed by atoms with E-state index >= 15 is 0 Å². The van der Waals surface area contributed by atoms with Gasteiger partial charge in [-0.15, -0.1) is 0 Å². The highest BCUT2D eigenvalue weighted by molar-refractivity contribution is 9.10. The van der Waals surface area contributed by atoms with Crippen LogP contribution in [0.4, 0.5) is 0 Å². The molecule has 1 saturated heterocycles. The fraction of sp³-hybridized carbons (Fsp3) is 0.750. The molecule has 0 bridgehead atoms. The molecule has 2 rings (SSSR count). The first-order valence-electron chi connectivity index (χ1n) is 6.19. The molecule has 0 aromatic carbocycles. The highest BCUT2D eigenvalue weighted by atomic mass is 79.9. The second-order valence-corrected chi connectivity index (χ2v) is 5.42. The summed E-state index contributed by atoms with van der Waals surface area (Å²) in [6.45, 7) is 4.30. The van der Waals surface area contributed by atoms with Crippen molar-refractivity contribution in [2.24, 2.45) is 0 Å². The maximum atomic E-state index is 10.8. The van der Waals surface area contributed by atoms with Gasteiger partial charge in [0.05, 0.1) is 16.4 Å². The Morgan fingerprint density at radius 3 is 3.12 bits per heavy atom. The van der Waals surface area contributed by atoms with Crippen LogP contribution in [0.25, 0.3) is 0 Å². The number of aromatic nitrogens is 2. The molecule has 1 unspecified atom stereocenters. The molecule has 1 fully saturated rings. The van der Waals surface area contributed by atoms with Gasteiger partial charge in [0.15, 0.2) is 0 Å². The first-order chi connectivity index (χ1) is 8.17. The topological polar surface area (TPSA) is 47.3 Å². The van der Waals surface area contributed by atoms with Gasteiger partial charge in [-0.3, -0.25) is 4.68 Å². The fourth-order valence-corrected chi connectivity index (χ4v) is 3.04. The van der Waals surface area contributed by atoms with E-state index in [9.17, 15) is 5.11 Å². The number of halogens is 1. The molecule has 1 aromatic heterocycles. The van der Waals surface area contributed by atoms with Gasteiger partial charge in [0.1, 0.15) is 5.60 Å².